The first-order chi connectivity index (χ1) is 12.5. The van der Waals surface area contributed by atoms with E-state index in [0.717, 1.165) is 0 Å². The Morgan fingerprint density at radius 2 is 2.04 bits per heavy atom. The van der Waals surface area contributed by atoms with Crippen LogP contribution in [0.25, 0.3) is 11.3 Å². The molecule has 0 aliphatic carbocycles. The summed E-state index contributed by atoms with van der Waals surface area (Å²) in [5.41, 5.74) is 2.98. The minimum Gasteiger partial charge on any atom is -0.507 e. The summed E-state index contributed by atoms with van der Waals surface area (Å²) in [4.78, 5) is 26.7. The van der Waals surface area contributed by atoms with Crippen molar-refractivity contribution in [2.24, 2.45) is 5.10 Å². The number of aromatic carboxylic acids is 1. The number of benzene rings is 1. The Morgan fingerprint density at radius 1 is 1.19 bits per heavy atom. The van der Waals surface area contributed by atoms with Crippen molar-refractivity contribution in [3.05, 3.63) is 71.7 Å². The monoisotopic (exact) mass is 351 g/mol. The number of nitrogens with one attached hydrogen (secondary N) is 1. The molecule has 3 N–H and O–H groups in total. The number of carbonyl (C=O) groups is 2. The summed E-state index contributed by atoms with van der Waals surface area (Å²) in [6.45, 7) is 0. The molecule has 1 aromatic carbocycles. The number of aromatic nitrogens is 1. The van der Waals surface area contributed by atoms with E-state index in [1.807, 2.05) is 0 Å². The molecule has 0 fully saturated rings. The first-order valence-electron chi connectivity index (χ1n) is 7.44. The van der Waals surface area contributed by atoms with Crippen LogP contribution < -0.4 is 5.43 Å². The maximum atomic E-state index is 11.8. The lowest BCUT2D eigenvalue weighted by atomic mass is 10.1. The van der Waals surface area contributed by atoms with E-state index in [4.69, 9.17) is 9.52 Å². The van der Waals surface area contributed by atoms with Crippen molar-refractivity contribution < 1.29 is 24.2 Å². The first-order valence-corrected chi connectivity index (χ1v) is 7.44. The number of pyridine rings is 1. The number of phenols is 1. The van der Waals surface area contributed by atoms with Gasteiger partial charge in [-0.25, -0.2) is 10.2 Å². The zero-order chi connectivity index (χ0) is 18.5. The number of hydrogen-bond acceptors (Lipinski definition) is 6. The minimum atomic E-state index is -1.24. The normalized spacial score (nSPS) is 10.8. The van der Waals surface area contributed by atoms with Crippen LogP contribution in [0.4, 0.5) is 0 Å². The zero-order valence-corrected chi connectivity index (χ0v) is 13.3. The van der Waals surface area contributed by atoms with E-state index in [1.54, 1.807) is 30.5 Å². The fraction of sp³-hybridized carbons (Fsp3) is 0. The molecular weight excluding hydrogens is 338 g/mol. The van der Waals surface area contributed by atoms with Crippen molar-refractivity contribution in [3.63, 3.8) is 0 Å². The standard InChI is InChI=1S/C18H13N3O5/c22-15-5-3-11(8-14(15)18(24)25)16-6-4-13(26-16)10-20-21-17(23)12-2-1-7-19-9-12/h1-10,22H,(H,21,23)(H,24,25)/b20-10-. The molecule has 2 aromatic heterocycles. The van der Waals surface area contributed by atoms with Gasteiger partial charge in [0.25, 0.3) is 5.91 Å². The number of hydrazone groups is 1. The molecule has 0 saturated carbocycles. The molecule has 2 heterocycles. The summed E-state index contributed by atoms with van der Waals surface area (Å²) in [5, 5.41) is 22.4. The summed E-state index contributed by atoms with van der Waals surface area (Å²) in [6, 6.07) is 10.6. The van der Waals surface area contributed by atoms with Gasteiger partial charge in [0.15, 0.2) is 0 Å². The van der Waals surface area contributed by atoms with Crippen LogP contribution in [-0.2, 0) is 0 Å². The molecular formula is C18H13N3O5. The van der Waals surface area contributed by atoms with Crippen LogP contribution in [0.15, 0.2) is 64.4 Å². The van der Waals surface area contributed by atoms with E-state index in [-0.39, 0.29) is 11.3 Å². The summed E-state index contributed by atoms with van der Waals surface area (Å²) in [6.07, 6.45) is 4.29. The smallest absolute Gasteiger partial charge is 0.339 e. The highest BCUT2D eigenvalue weighted by Crippen LogP contribution is 2.27. The van der Waals surface area contributed by atoms with E-state index < -0.39 is 11.9 Å². The Morgan fingerprint density at radius 3 is 2.77 bits per heavy atom. The van der Waals surface area contributed by atoms with E-state index in [2.05, 4.69) is 15.5 Å². The minimum absolute atomic E-state index is 0.224. The summed E-state index contributed by atoms with van der Waals surface area (Å²) >= 11 is 0. The Kier molecular flexibility index (Phi) is 4.75. The van der Waals surface area contributed by atoms with Crippen LogP contribution >= 0.6 is 0 Å². The van der Waals surface area contributed by atoms with Crippen molar-refractivity contribution in [3.8, 4) is 17.1 Å². The van der Waals surface area contributed by atoms with Crippen LogP contribution in [0.1, 0.15) is 26.5 Å². The Labute approximate surface area is 147 Å². The van der Waals surface area contributed by atoms with Crippen LogP contribution in [0, 0.1) is 0 Å². The van der Waals surface area contributed by atoms with Crippen molar-refractivity contribution >= 4 is 18.1 Å². The van der Waals surface area contributed by atoms with E-state index in [0.29, 0.717) is 22.6 Å². The fourth-order valence-electron chi connectivity index (χ4n) is 2.15. The number of rotatable bonds is 5. The van der Waals surface area contributed by atoms with E-state index in [9.17, 15) is 14.7 Å². The van der Waals surface area contributed by atoms with Crippen LogP contribution in [0.3, 0.4) is 0 Å². The molecule has 0 saturated heterocycles. The molecule has 3 rings (SSSR count). The molecule has 0 aliphatic heterocycles. The second-order valence-corrected chi connectivity index (χ2v) is 5.18. The number of amides is 1. The topological polar surface area (TPSA) is 125 Å². The lowest BCUT2D eigenvalue weighted by Gasteiger charge is -2.02. The predicted molar refractivity (Wildman–Crippen MR) is 92.1 cm³/mol. The van der Waals surface area contributed by atoms with Crippen LogP contribution in [0.2, 0.25) is 0 Å². The number of aromatic hydroxyl groups is 1. The maximum Gasteiger partial charge on any atom is 0.339 e. The largest absolute Gasteiger partial charge is 0.507 e. The Bertz CT molecular complexity index is 980. The fourth-order valence-corrected chi connectivity index (χ4v) is 2.15. The average molecular weight is 351 g/mol. The SMILES string of the molecule is O=C(N/N=C\c1ccc(-c2ccc(O)c(C(=O)O)c2)o1)c1cccnc1. The second kappa shape index (κ2) is 7.31. The summed E-state index contributed by atoms with van der Waals surface area (Å²) < 4.78 is 5.54. The summed E-state index contributed by atoms with van der Waals surface area (Å²) in [5.74, 6) is -1.22. The third-order valence-electron chi connectivity index (χ3n) is 3.42. The molecule has 0 unspecified atom stereocenters. The number of carboxylic acid groups (broad SMARTS) is 1. The third kappa shape index (κ3) is 3.75. The maximum absolute atomic E-state index is 11.8. The van der Waals surface area contributed by atoms with Gasteiger partial charge in [0.05, 0.1) is 11.8 Å². The predicted octanol–water partition coefficient (Wildman–Crippen LogP) is 2.51. The molecule has 0 bridgehead atoms. The molecule has 8 nitrogen and oxygen atoms in total. The highest BCUT2D eigenvalue weighted by molar-refractivity contribution is 5.94. The molecule has 0 spiro atoms. The van der Waals surface area contributed by atoms with Gasteiger partial charge in [-0.3, -0.25) is 9.78 Å². The Balaban J connectivity index is 1.71. The van der Waals surface area contributed by atoms with Gasteiger partial charge < -0.3 is 14.6 Å². The Hall–Kier alpha value is -3.94. The lowest BCUT2D eigenvalue weighted by molar-refractivity contribution is 0.0693. The average Bonchev–Trinajstić information content (AvgIpc) is 3.11. The van der Waals surface area contributed by atoms with Gasteiger partial charge in [0, 0.05) is 18.0 Å². The molecule has 0 radical (unpaired) electrons. The first kappa shape index (κ1) is 16.9. The van der Waals surface area contributed by atoms with Gasteiger partial charge in [-0.1, -0.05) is 0 Å². The van der Waals surface area contributed by atoms with Gasteiger partial charge in [0.1, 0.15) is 22.8 Å². The van der Waals surface area contributed by atoms with Gasteiger partial charge in [0.2, 0.25) is 0 Å². The molecule has 0 atom stereocenters. The van der Waals surface area contributed by atoms with Crippen LogP contribution in [0.5, 0.6) is 5.75 Å². The molecule has 1 amide bonds. The van der Waals surface area contributed by atoms with Gasteiger partial charge >= 0.3 is 5.97 Å². The van der Waals surface area contributed by atoms with Gasteiger partial charge in [-0.05, 0) is 42.5 Å². The number of hydrogen-bond donors (Lipinski definition) is 3. The second-order valence-electron chi connectivity index (χ2n) is 5.18. The number of nitrogens with zero attached hydrogens (tertiary/aromatic N) is 2. The van der Waals surface area contributed by atoms with Gasteiger partial charge in [-0.2, -0.15) is 5.10 Å². The number of carboxylic acids is 1. The molecule has 26 heavy (non-hydrogen) atoms. The van der Waals surface area contributed by atoms with Crippen molar-refractivity contribution in [1.82, 2.24) is 10.4 Å². The van der Waals surface area contributed by atoms with Crippen molar-refractivity contribution in [2.75, 3.05) is 0 Å². The third-order valence-corrected chi connectivity index (χ3v) is 3.42. The molecule has 3 aromatic rings. The molecule has 130 valence electrons. The lowest BCUT2D eigenvalue weighted by Crippen LogP contribution is -2.17. The van der Waals surface area contributed by atoms with Crippen molar-refractivity contribution in [1.29, 1.82) is 0 Å². The number of furan rings is 1. The zero-order valence-electron chi connectivity index (χ0n) is 13.3. The summed E-state index contributed by atoms with van der Waals surface area (Å²) in [7, 11) is 0. The molecule has 0 aliphatic rings. The van der Waals surface area contributed by atoms with Crippen molar-refractivity contribution in [2.45, 2.75) is 0 Å². The van der Waals surface area contributed by atoms with Gasteiger partial charge in [-0.15, -0.1) is 0 Å². The highest BCUT2D eigenvalue weighted by atomic mass is 16.4. The molecule has 8 heteroatoms. The van der Waals surface area contributed by atoms with E-state index in [1.165, 1.54) is 30.6 Å². The van der Waals surface area contributed by atoms with Crippen LogP contribution in [-0.4, -0.2) is 33.3 Å². The quantitative estimate of drug-likeness (QED) is 0.479. The van der Waals surface area contributed by atoms with E-state index >= 15 is 0 Å². The number of carbonyl (C=O) groups excluding carboxylic acids is 1. The highest BCUT2D eigenvalue weighted by Gasteiger charge is 2.12.